The maximum atomic E-state index is 12.3. The van der Waals surface area contributed by atoms with Crippen LogP contribution in [-0.2, 0) is 4.79 Å². The molecule has 7 nitrogen and oxygen atoms in total. The van der Waals surface area contributed by atoms with Crippen molar-refractivity contribution in [2.45, 2.75) is 44.6 Å². The highest BCUT2D eigenvalue weighted by Gasteiger charge is 2.36. The molecule has 152 valence electrons. The van der Waals surface area contributed by atoms with Gasteiger partial charge in [-0.25, -0.2) is 4.98 Å². The predicted molar refractivity (Wildman–Crippen MR) is 111 cm³/mol. The van der Waals surface area contributed by atoms with Gasteiger partial charge in [-0.2, -0.15) is 0 Å². The highest BCUT2D eigenvalue weighted by Crippen LogP contribution is 2.30. The number of anilines is 1. The second-order valence-electron chi connectivity index (χ2n) is 7.90. The SMILES string of the molecule is Cc1ccc2nccc(N3CCC[C@@](O)(CN(C)C(=O)CCCCN)C3)c2n1. The molecule has 3 rings (SSSR count). The number of nitrogens with two attached hydrogens (primary N) is 1. The molecule has 0 spiro atoms. The Bertz CT molecular complexity index is 828. The quantitative estimate of drug-likeness (QED) is 0.707. The fourth-order valence-electron chi connectivity index (χ4n) is 3.95. The number of carbonyl (C=O) groups excluding carboxylic acids is 1. The minimum absolute atomic E-state index is 0.0608. The molecule has 2 aromatic heterocycles. The Morgan fingerprint density at radius 3 is 2.96 bits per heavy atom. The molecule has 0 saturated carbocycles. The largest absolute Gasteiger partial charge is 0.386 e. The van der Waals surface area contributed by atoms with Crippen LogP contribution in [-0.4, -0.2) is 64.7 Å². The van der Waals surface area contributed by atoms with Crippen LogP contribution >= 0.6 is 0 Å². The molecule has 28 heavy (non-hydrogen) atoms. The summed E-state index contributed by atoms with van der Waals surface area (Å²) in [5.74, 6) is 0.0608. The summed E-state index contributed by atoms with van der Waals surface area (Å²) in [5, 5.41) is 11.2. The van der Waals surface area contributed by atoms with Gasteiger partial charge < -0.3 is 20.6 Å². The third kappa shape index (κ3) is 4.77. The van der Waals surface area contributed by atoms with Gasteiger partial charge in [-0.3, -0.25) is 9.78 Å². The number of aryl methyl sites for hydroxylation is 1. The van der Waals surface area contributed by atoms with Crippen LogP contribution in [0.25, 0.3) is 11.0 Å². The Balaban J connectivity index is 1.73. The molecule has 1 saturated heterocycles. The Morgan fingerprint density at radius 2 is 2.18 bits per heavy atom. The zero-order chi connectivity index (χ0) is 20.1. The number of β-amino-alcohol motifs (C(OH)–C–C–N with tert-alkyl or cyclic N) is 1. The van der Waals surface area contributed by atoms with Crippen LogP contribution in [0.2, 0.25) is 0 Å². The maximum Gasteiger partial charge on any atom is 0.222 e. The van der Waals surface area contributed by atoms with E-state index in [4.69, 9.17) is 5.73 Å². The second kappa shape index (κ2) is 8.84. The molecule has 0 aliphatic carbocycles. The molecule has 0 aromatic carbocycles. The fraction of sp³-hybridized carbons (Fsp3) is 0.571. The van der Waals surface area contributed by atoms with Crippen molar-refractivity contribution in [2.75, 3.05) is 38.1 Å². The highest BCUT2D eigenvalue weighted by atomic mass is 16.3. The minimum Gasteiger partial charge on any atom is -0.386 e. The summed E-state index contributed by atoms with van der Waals surface area (Å²) >= 11 is 0. The molecule has 0 unspecified atom stereocenters. The van der Waals surface area contributed by atoms with E-state index in [-0.39, 0.29) is 5.91 Å². The van der Waals surface area contributed by atoms with Crippen LogP contribution in [0.4, 0.5) is 5.69 Å². The lowest BCUT2D eigenvalue weighted by Crippen LogP contribution is -2.54. The third-order valence-corrected chi connectivity index (χ3v) is 5.40. The lowest BCUT2D eigenvalue weighted by Gasteiger charge is -2.42. The Hall–Kier alpha value is -2.25. The minimum atomic E-state index is -0.935. The van der Waals surface area contributed by atoms with Gasteiger partial charge in [0, 0.05) is 38.4 Å². The number of likely N-dealkylation sites (N-methyl/N-ethyl adjacent to an activating group) is 1. The lowest BCUT2D eigenvalue weighted by atomic mass is 9.91. The van der Waals surface area contributed by atoms with Gasteiger partial charge in [0.25, 0.3) is 0 Å². The zero-order valence-corrected chi connectivity index (χ0v) is 16.9. The van der Waals surface area contributed by atoms with Crippen molar-refractivity contribution >= 4 is 22.6 Å². The average molecular weight is 386 g/mol. The predicted octanol–water partition coefficient (Wildman–Crippen LogP) is 1.86. The van der Waals surface area contributed by atoms with Gasteiger partial charge in [0.1, 0.15) is 5.52 Å². The molecule has 0 bridgehead atoms. The summed E-state index contributed by atoms with van der Waals surface area (Å²) in [6.45, 7) is 4.23. The van der Waals surface area contributed by atoms with E-state index in [1.807, 2.05) is 25.1 Å². The summed E-state index contributed by atoms with van der Waals surface area (Å²) in [6, 6.07) is 5.89. The number of aliphatic hydroxyl groups is 1. The first kappa shape index (κ1) is 20.5. The molecule has 1 fully saturated rings. The van der Waals surface area contributed by atoms with E-state index in [2.05, 4.69) is 14.9 Å². The Kier molecular flexibility index (Phi) is 6.46. The molecule has 1 atom stereocenters. The number of piperidine rings is 1. The molecule has 3 N–H and O–H groups in total. The molecular weight excluding hydrogens is 354 g/mol. The maximum absolute atomic E-state index is 12.3. The van der Waals surface area contributed by atoms with Crippen LogP contribution in [0.15, 0.2) is 24.4 Å². The molecule has 1 aliphatic heterocycles. The van der Waals surface area contributed by atoms with E-state index < -0.39 is 5.60 Å². The van der Waals surface area contributed by atoms with Crippen molar-refractivity contribution < 1.29 is 9.90 Å². The number of carbonyl (C=O) groups is 1. The molecule has 1 amide bonds. The lowest BCUT2D eigenvalue weighted by molar-refractivity contribution is -0.133. The van der Waals surface area contributed by atoms with Gasteiger partial charge in [0.05, 0.1) is 23.3 Å². The molecule has 3 heterocycles. The number of amides is 1. The van der Waals surface area contributed by atoms with Gasteiger partial charge in [0.2, 0.25) is 5.91 Å². The van der Waals surface area contributed by atoms with Crippen molar-refractivity contribution in [3.8, 4) is 0 Å². The fourth-order valence-corrected chi connectivity index (χ4v) is 3.95. The first-order chi connectivity index (χ1) is 13.4. The van der Waals surface area contributed by atoms with Crippen molar-refractivity contribution in [3.05, 3.63) is 30.1 Å². The summed E-state index contributed by atoms with van der Waals surface area (Å²) in [5.41, 5.74) is 8.21. The van der Waals surface area contributed by atoms with Crippen molar-refractivity contribution in [1.29, 1.82) is 0 Å². The number of fused-ring (bicyclic) bond motifs is 1. The topological polar surface area (TPSA) is 95.6 Å². The van der Waals surface area contributed by atoms with Crippen molar-refractivity contribution in [3.63, 3.8) is 0 Å². The normalized spacial score (nSPS) is 19.8. The number of pyridine rings is 2. The summed E-state index contributed by atoms with van der Waals surface area (Å²) in [4.78, 5) is 25.2. The van der Waals surface area contributed by atoms with Gasteiger partial charge in [-0.15, -0.1) is 0 Å². The van der Waals surface area contributed by atoms with Crippen LogP contribution in [0.1, 0.15) is 37.8 Å². The molecule has 7 heteroatoms. The summed E-state index contributed by atoms with van der Waals surface area (Å²) in [6.07, 6.45) is 5.44. The van der Waals surface area contributed by atoms with Crippen LogP contribution in [0, 0.1) is 6.92 Å². The summed E-state index contributed by atoms with van der Waals surface area (Å²) in [7, 11) is 1.77. The third-order valence-electron chi connectivity index (χ3n) is 5.40. The number of nitrogens with zero attached hydrogens (tertiary/aromatic N) is 4. The van der Waals surface area contributed by atoms with E-state index >= 15 is 0 Å². The summed E-state index contributed by atoms with van der Waals surface area (Å²) < 4.78 is 0. The number of rotatable bonds is 7. The highest BCUT2D eigenvalue weighted by molar-refractivity contribution is 5.88. The molecular formula is C21H31N5O2. The van der Waals surface area contributed by atoms with Crippen LogP contribution in [0.5, 0.6) is 0 Å². The number of hydrogen-bond acceptors (Lipinski definition) is 6. The Labute approximate surface area is 166 Å². The average Bonchev–Trinajstić information content (AvgIpc) is 2.67. The van der Waals surface area contributed by atoms with E-state index in [1.54, 1.807) is 18.1 Å². The first-order valence-electron chi connectivity index (χ1n) is 10.1. The Morgan fingerprint density at radius 1 is 1.36 bits per heavy atom. The van der Waals surface area contributed by atoms with Crippen molar-refractivity contribution in [1.82, 2.24) is 14.9 Å². The molecule has 2 aromatic rings. The zero-order valence-electron chi connectivity index (χ0n) is 16.9. The van der Waals surface area contributed by atoms with E-state index in [0.717, 1.165) is 48.2 Å². The van der Waals surface area contributed by atoms with Gasteiger partial charge in [0.15, 0.2) is 0 Å². The first-order valence-corrected chi connectivity index (χ1v) is 10.1. The van der Waals surface area contributed by atoms with Crippen molar-refractivity contribution in [2.24, 2.45) is 5.73 Å². The van der Waals surface area contributed by atoms with Gasteiger partial charge in [-0.05, 0) is 57.4 Å². The van der Waals surface area contributed by atoms with Crippen LogP contribution in [0.3, 0.4) is 0 Å². The molecule has 0 radical (unpaired) electrons. The van der Waals surface area contributed by atoms with Gasteiger partial charge in [-0.1, -0.05) is 0 Å². The van der Waals surface area contributed by atoms with E-state index in [0.29, 0.717) is 32.5 Å². The number of unbranched alkanes of at least 4 members (excludes halogenated alkanes) is 1. The smallest absolute Gasteiger partial charge is 0.222 e. The van der Waals surface area contributed by atoms with Crippen LogP contribution < -0.4 is 10.6 Å². The standard InChI is InChI=1S/C21H31N5O2/c1-16-7-8-17-20(24-16)18(9-12-23-17)26-13-5-10-21(28,15-26)14-25(2)19(27)6-3-4-11-22/h7-9,12,28H,3-6,10-11,13-15,22H2,1-2H3/t21-/m1/s1. The number of aromatic nitrogens is 2. The van der Waals surface area contributed by atoms with Gasteiger partial charge >= 0.3 is 0 Å². The monoisotopic (exact) mass is 385 g/mol. The van der Waals surface area contributed by atoms with E-state index in [1.165, 1.54) is 0 Å². The number of hydrogen-bond donors (Lipinski definition) is 2. The van der Waals surface area contributed by atoms with E-state index in [9.17, 15) is 9.90 Å². The second-order valence-corrected chi connectivity index (χ2v) is 7.90. The molecule has 1 aliphatic rings.